The molecule has 0 aliphatic carbocycles. The van der Waals surface area contributed by atoms with Crippen LogP contribution in [0, 0.1) is 5.92 Å². The van der Waals surface area contributed by atoms with Gasteiger partial charge in [-0.05, 0) is 31.7 Å². The third-order valence-electron chi connectivity index (χ3n) is 3.56. The second kappa shape index (κ2) is 10.2. The van der Waals surface area contributed by atoms with Gasteiger partial charge in [0.05, 0.1) is 6.04 Å². The number of primary amides is 1. The van der Waals surface area contributed by atoms with Gasteiger partial charge in [0.15, 0.2) is 0 Å². The smallest absolute Gasteiger partial charge is 0.234 e. The summed E-state index contributed by atoms with van der Waals surface area (Å²) in [5.74, 6) is 0.405. The van der Waals surface area contributed by atoms with Crippen molar-refractivity contribution in [2.75, 3.05) is 19.6 Å². The normalized spacial score (nSPS) is 13.5. The average Bonchev–Trinajstić information content (AvgIpc) is 2.34. The maximum atomic E-state index is 11.4. The van der Waals surface area contributed by atoms with Gasteiger partial charge in [-0.3, -0.25) is 4.79 Å². The summed E-state index contributed by atoms with van der Waals surface area (Å²) >= 11 is 0. The summed E-state index contributed by atoms with van der Waals surface area (Å²) in [7, 11) is 0. The zero-order chi connectivity index (χ0) is 14.8. The molecule has 0 heterocycles. The summed E-state index contributed by atoms with van der Waals surface area (Å²) in [6.07, 6.45) is 3.11. The fraction of sp³-hybridized carbons (Fsp3) is 0.933. The Balaban J connectivity index is 4.49. The molecule has 0 spiro atoms. The molecule has 1 atom stereocenters. The van der Waals surface area contributed by atoms with Gasteiger partial charge in [-0.15, -0.1) is 0 Å². The molecule has 1 unspecified atom stereocenters. The third kappa shape index (κ3) is 7.53. The van der Waals surface area contributed by atoms with Gasteiger partial charge in [-0.2, -0.15) is 0 Å². The lowest BCUT2D eigenvalue weighted by Gasteiger charge is -2.32. The van der Waals surface area contributed by atoms with Crippen LogP contribution in [0.5, 0.6) is 0 Å². The minimum absolute atomic E-state index is 0.200. The fourth-order valence-electron chi connectivity index (χ4n) is 2.58. The topological polar surface area (TPSA) is 58.4 Å². The van der Waals surface area contributed by atoms with Crippen molar-refractivity contribution < 1.29 is 4.79 Å². The SMILES string of the molecule is CCNC(CCN(CC(C)C)C(CC)CC)C(N)=O. The molecule has 1 amide bonds. The van der Waals surface area contributed by atoms with E-state index in [0.29, 0.717) is 12.0 Å². The van der Waals surface area contributed by atoms with Crippen LogP contribution in [0.1, 0.15) is 53.9 Å². The Morgan fingerprint density at radius 1 is 1.21 bits per heavy atom. The number of nitrogens with zero attached hydrogens (tertiary/aromatic N) is 1. The van der Waals surface area contributed by atoms with E-state index in [9.17, 15) is 4.79 Å². The number of hydrogen-bond donors (Lipinski definition) is 2. The fourth-order valence-corrected chi connectivity index (χ4v) is 2.58. The Kier molecular flexibility index (Phi) is 9.88. The number of carbonyl (C=O) groups is 1. The molecule has 114 valence electrons. The van der Waals surface area contributed by atoms with Crippen LogP contribution in [-0.2, 0) is 4.79 Å². The molecule has 0 fully saturated rings. The molecule has 0 aromatic heterocycles. The maximum absolute atomic E-state index is 11.4. The molecule has 0 aliphatic heterocycles. The Labute approximate surface area is 119 Å². The Morgan fingerprint density at radius 3 is 2.16 bits per heavy atom. The van der Waals surface area contributed by atoms with Gasteiger partial charge in [-0.25, -0.2) is 0 Å². The van der Waals surface area contributed by atoms with Crippen LogP contribution in [0.15, 0.2) is 0 Å². The molecule has 4 heteroatoms. The lowest BCUT2D eigenvalue weighted by Crippen LogP contribution is -2.45. The monoisotopic (exact) mass is 271 g/mol. The van der Waals surface area contributed by atoms with E-state index in [-0.39, 0.29) is 11.9 Å². The number of likely N-dealkylation sites (N-methyl/N-ethyl adjacent to an activating group) is 1. The van der Waals surface area contributed by atoms with E-state index in [1.165, 1.54) is 0 Å². The van der Waals surface area contributed by atoms with Crippen LogP contribution in [0.3, 0.4) is 0 Å². The zero-order valence-corrected chi connectivity index (χ0v) is 13.4. The molecule has 0 aromatic carbocycles. The van der Waals surface area contributed by atoms with Gasteiger partial charge >= 0.3 is 0 Å². The van der Waals surface area contributed by atoms with Crippen molar-refractivity contribution in [2.45, 2.75) is 66.0 Å². The Bertz CT molecular complexity index is 240. The van der Waals surface area contributed by atoms with Crippen LogP contribution in [-0.4, -0.2) is 42.5 Å². The quantitative estimate of drug-likeness (QED) is 0.604. The van der Waals surface area contributed by atoms with Crippen molar-refractivity contribution >= 4 is 5.91 Å². The molecule has 0 saturated heterocycles. The number of nitrogens with one attached hydrogen (secondary N) is 1. The second-order valence-electron chi connectivity index (χ2n) is 5.66. The van der Waals surface area contributed by atoms with Gasteiger partial charge in [0.25, 0.3) is 0 Å². The first-order chi connectivity index (χ1) is 8.96. The number of rotatable bonds is 11. The van der Waals surface area contributed by atoms with Crippen LogP contribution in [0.4, 0.5) is 0 Å². The number of carbonyl (C=O) groups excluding carboxylic acids is 1. The minimum atomic E-state index is -0.240. The van der Waals surface area contributed by atoms with E-state index >= 15 is 0 Å². The second-order valence-corrected chi connectivity index (χ2v) is 5.66. The summed E-state index contributed by atoms with van der Waals surface area (Å²) in [6, 6.07) is 0.409. The van der Waals surface area contributed by atoms with E-state index in [1.807, 2.05) is 6.92 Å². The van der Waals surface area contributed by atoms with E-state index in [4.69, 9.17) is 5.73 Å². The van der Waals surface area contributed by atoms with Crippen molar-refractivity contribution in [1.82, 2.24) is 10.2 Å². The van der Waals surface area contributed by atoms with E-state index in [0.717, 1.165) is 38.9 Å². The molecule has 19 heavy (non-hydrogen) atoms. The van der Waals surface area contributed by atoms with E-state index < -0.39 is 0 Å². The molecule has 4 nitrogen and oxygen atoms in total. The number of nitrogens with two attached hydrogens (primary N) is 1. The zero-order valence-electron chi connectivity index (χ0n) is 13.4. The van der Waals surface area contributed by atoms with Crippen LogP contribution in [0.25, 0.3) is 0 Å². The number of hydrogen-bond acceptors (Lipinski definition) is 3. The lowest BCUT2D eigenvalue weighted by molar-refractivity contribution is -0.120. The molecular formula is C15H33N3O. The molecule has 0 rings (SSSR count). The van der Waals surface area contributed by atoms with Gasteiger partial charge in [-0.1, -0.05) is 34.6 Å². The van der Waals surface area contributed by atoms with Gasteiger partial charge in [0.1, 0.15) is 0 Å². The Hall–Kier alpha value is -0.610. The lowest BCUT2D eigenvalue weighted by atomic mass is 10.1. The largest absolute Gasteiger partial charge is 0.368 e. The summed E-state index contributed by atoms with van der Waals surface area (Å²) in [6.45, 7) is 13.8. The molecule has 0 aliphatic rings. The summed E-state index contributed by atoms with van der Waals surface area (Å²) in [5, 5.41) is 3.16. The first-order valence-electron chi connectivity index (χ1n) is 7.72. The van der Waals surface area contributed by atoms with Crippen LogP contribution >= 0.6 is 0 Å². The first kappa shape index (κ1) is 18.4. The van der Waals surface area contributed by atoms with Crippen molar-refractivity contribution in [2.24, 2.45) is 11.7 Å². The van der Waals surface area contributed by atoms with Crippen LogP contribution in [0.2, 0.25) is 0 Å². The molecule has 0 bridgehead atoms. The van der Waals surface area contributed by atoms with Crippen molar-refractivity contribution in [3.63, 3.8) is 0 Å². The highest BCUT2D eigenvalue weighted by molar-refractivity contribution is 5.79. The van der Waals surface area contributed by atoms with Crippen LogP contribution < -0.4 is 11.1 Å². The molecule has 3 N–H and O–H groups in total. The summed E-state index contributed by atoms with van der Waals surface area (Å²) < 4.78 is 0. The summed E-state index contributed by atoms with van der Waals surface area (Å²) in [5.41, 5.74) is 5.43. The molecular weight excluding hydrogens is 238 g/mol. The minimum Gasteiger partial charge on any atom is -0.368 e. The molecule has 0 aromatic rings. The van der Waals surface area contributed by atoms with Gasteiger partial charge in [0.2, 0.25) is 5.91 Å². The predicted octanol–water partition coefficient (Wildman–Crippen LogP) is 1.99. The van der Waals surface area contributed by atoms with Gasteiger partial charge < -0.3 is 16.0 Å². The third-order valence-corrected chi connectivity index (χ3v) is 3.56. The highest BCUT2D eigenvalue weighted by Crippen LogP contribution is 2.12. The standard InChI is InChI=1S/C15H33N3O/c1-6-13(7-2)18(11-12(4)5)10-9-14(15(16)19)17-8-3/h12-14,17H,6-11H2,1-5H3,(H2,16,19). The molecule has 0 radical (unpaired) electrons. The first-order valence-corrected chi connectivity index (χ1v) is 7.72. The Morgan fingerprint density at radius 2 is 1.79 bits per heavy atom. The summed E-state index contributed by atoms with van der Waals surface area (Å²) in [4.78, 5) is 13.9. The van der Waals surface area contributed by atoms with Crippen molar-refractivity contribution in [1.29, 1.82) is 0 Å². The van der Waals surface area contributed by atoms with E-state index in [2.05, 4.69) is 37.9 Å². The van der Waals surface area contributed by atoms with Crippen molar-refractivity contribution in [3.8, 4) is 0 Å². The average molecular weight is 271 g/mol. The van der Waals surface area contributed by atoms with E-state index in [1.54, 1.807) is 0 Å². The predicted molar refractivity (Wildman–Crippen MR) is 82.1 cm³/mol. The van der Waals surface area contributed by atoms with Gasteiger partial charge in [0, 0.05) is 19.1 Å². The molecule has 0 saturated carbocycles. The highest BCUT2D eigenvalue weighted by atomic mass is 16.1. The highest BCUT2D eigenvalue weighted by Gasteiger charge is 2.20. The maximum Gasteiger partial charge on any atom is 0.234 e. The van der Waals surface area contributed by atoms with Crippen molar-refractivity contribution in [3.05, 3.63) is 0 Å². The number of amides is 1.